The lowest BCUT2D eigenvalue weighted by Gasteiger charge is -2.22. The fourth-order valence-electron chi connectivity index (χ4n) is 2.76. The molecular weight excluding hydrogens is 243 g/mol. The number of rotatable bonds is 3. The Morgan fingerprint density at radius 2 is 2.32 bits per heavy atom. The molecule has 0 radical (unpaired) electrons. The normalized spacial score (nSPS) is 20.0. The molecule has 3 rings (SSSR count). The molecule has 1 aliphatic rings. The van der Waals surface area contributed by atoms with Gasteiger partial charge in [-0.1, -0.05) is 17.3 Å². The lowest BCUT2D eigenvalue weighted by molar-refractivity contribution is 0.236. The number of nitrogens with zero attached hydrogens (tertiary/aromatic N) is 2. The SMILES string of the molecule is Cc1cc([C@H]2CCCN2Cc2cccc(F)c2)no1. The summed E-state index contributed by atoms with van der Waals surface area (Å²) in [6.45, 7) is 3.68. The first-order valence-corrected chi connectivity index (χ1v) is 6.64. The number of hydrogen-bond acceptors (Lipinski definition) is 3. The highest BCUT2D eigenvalue weighted by Gasteiger charge is 2.28. The van der Waals surface area contributed by atoms with E-state index in [0.717, 1.165) is 42.9 Å². The molecule has 0 spiro atoms. The van der Waals surface area contributed by atoms with Crippen molar-refractivity contribution in [1.29, 1.82) is 0 Å². The Hall–Kier alpha value is -1.68. The van der Waals surface area contributed by atoms with E-state index in [1.807, 2.05) is 19.1 Å². The number of benzene rings is 1. The van der Waals surface area contributed by atoms with Crippen molar-refractivity contribution in [3.05, 3.63) is 53.2 Å². The molecule has 4 heteroatoms. The molecule has 0 amide bonds. The van der Waals surface area contributed by atoms with Crippen LogP contribution in [0.1, 0.15) is 35.9 Å². The minimum atomic E-state index is -0.175. The summed E-state index contributed by atoms with van der Waals surface area (Å²) in [5, 5.41) is 4.12. The summed E-state index contributed by atoms with van der Waals surface area (Å²) in [6.07, 6.45) is 2.23. The van der Waals surface area contributed by atoms with Gasteiger partial charge in [0.1, 0.15) is 17.3 Å². The van der Waals surface area contributed by atoms with E-state index >= 15 is 0 Å². The topological polar surface area (TPSA) is 29.3 Å². The molecule has 2 aromatic rings. The van der Waals surface area contributed by atoms with Crippen LogP contribution in [0.3, 0.4) is 0 Å². The van der Waals surface area contributed by atoms with Crippen molar-refractivity contribution in [2.75, 3.05) is 6.54 Å². The molecule has 1 aromatic heterocycles. The average Bonchev–Trinajstić information content (AvgIpc) is 2.98. The van der Waals surface area contributed by atoms with Crippen LogP contribution >= 0.6 is 0 Å². The molecule has 0 unspecified atom stereocenters. The van der Waals surface area contributed by atoms with Gasteiger partial charge in [0, 0.05) is 12.6 Å². The fourth-order valence-corrected chi connectivity index (χ4v) is 2.76. The second-order valence-corrected chi connectivity index (χ2v) is 5.12. The molecule has 3 nitrogen and oxygen atoms in total. The van der Waals surface area contributed by atoms with Crippen LogP contribution in [0.5, 0.6) is 0 Å². The minimum absolute atomic E-state index is 0.175. The van der Waals surface area contributed by atoms with Gasteiger partial charge in [-0.05, 0) is 44.0 Å². The van der Waals surface area contributed by atoms with Crippen molar-refractivity contribution >= 4 is 0 Å². The van der Waals surface area contributed by atoms with Crippen LogP contribution < -0.4 is 0 Å². The summed E-state index contributed by atoms with van der Waals surface area (Å²) in [6, 6.07) is 9.09. The van der Waals surface area contributed by atoms with Crippen LogP contribution in [0.15, 0.2) is 34.9 Å². The first kappa shape index (κ1) is 12.4. The van der Waals surface area contributed by atoms with Gasteiger partial charge in [-0.25, -0.2) is 4.39 Å². The predicted molar refractivity (Wildman–Crippen MR) is 70.0 cm³/mol. The number of aryl methyl sites for hydroxylation is 1. The number of aromatic nitrogens is 1. The Morgan fingerprint density at radius 1 is 1.42 bits per heavy atom. The lowest BCUT2D eigenvalue weighted by Crippen LogP contribution is -2.23. The van der Waals surface area contributed by atoms with E-state index in [0.29, 0.717) is 6.04 Å². The molecule has 100 valence electrons. The van der Waals surface area contributed by atoms with Crippen LogP contribution in [-0.2, 0) is 6.54 Å². The van der Waals surface area contributed by atoms with Crippen molar-refractivity contribution in [3.8, 4) is 0 Å². The van der Waals surface area contributed by atoms with Crippen LogP contribution in [0.4, 0.5) is 4.39 Å². The number of halogens is 1. The van der Waals surface area contributed by atoms with Gasteiger partial charge in [0.2, 0.25) is 0 Å². The standard InChI is InChI=1S/C15H17FN2O/c1-11-8-14(17-19-11)15-6-3-7-18(15)10-12-4-2-5-13(16)9-12/h2,4-5,8-9,15H,3,6-7,10H2,1H3/t15-/m1/s1. The summed E-state index contributed by atoms with van der Waals surface area (Å²) in [5.74, 6) is 0.665. The molecule has 0 aliphatic carbocycles. The molecule has 0 N–H and O–H groups in total. The first-order chi connectivity index (χ1) is 9.22. The van der Waals surface area contributed by atoms with Gasteiger partial charge in [0.15, 0.2) is 0 Å². The third kappa shape index (κ3) is 2.68. The highest BCUT2D eigenvalue weighted by Crippen LogP contribution is 2.32. The molecule has 2 heterocycles. The minimum Gasteiger partial charge on any atom is -0.361 e. The second-order valence-electron chi connectivity index (χ2n) is 5.12. The summed E-state index contributed by atoms with van der Waals surface area (Å²) >= 11 is 0. The Bertz CT molecular complexity index is 567. The zero-order chi connectivity index (χ0) is 13.2. The van der Waals surface area contributed by atoms with Gasteiger partial charge in [-0.3, -0.25) is 4.90 Å². The van der Waals surface area contributed by atoms with Crippen molar-refractivity contribution in [2.24, 2.45) is 0 Å². The quantitative estimate of drug-likeness (QED) is 0.846. The highest BCUT2D eigenvalue weighted by atomic mass is 19.1. The number of hydrogen-bond donors (Lipinski definition) is 0. The predicted octanol–water partition coefficient (Wildman–Crippen LogP) is 3.46. The van der Waals surface area contributed by atoms with Crippen molar-refractivity contribution < 1.29 is 8.91 Å². The van der Waals surface area contributed by atoms with Gasteiger partial charge >= 0.3 is 0 Å². The van der Waals surface area contributed by atoms with E-state index in [2.05, 4.69) is 10.1 Å². The van der Waals surface area contributed by atoms with E-state index in [4.69, 9.17) is 4.52 Å². The first-order valence-electron chi connectivity index (χ1n) is 6.64. The van der Waals surface area contributed by atoms with Crippen molar-refractivity contribution in [1.82, 2.24) is 10.1 Å². The highest BCUT2D eigenvalue weighted by molar-refractivity contribution is 5.18. The van der Waals surface area contributed by atoms with E-state index in [-0.39, 0.29) is 5.82 Å². The van der Waals surface area contributed by atoms with Crippen molar-refractivity contribution in [2.45, 2.75) is 32.4 Å². The smallest absolute Gasteiger partial charge is 0.133 e. The summed E-state index contributed by atoms with van der Waals surface area (Å²) < 4.78 is 18.4. The van der Waals surface area contributed by atoms with Crippen LogP contribution in [0, 0.1) is 12.7 Å². The molecule has 1 aromatic carbocycles. The van der Waals surface area contributed by atoms with E-state index < -0.39 is 0 Å². The Balaban J connectivity index is 1.76. The van der Waals surface area contributed by atoms with E-state index in [1.165, 1.54) is 6.07 Å². The van der Waals surface area contributed by atoms with Crippen LogP contribution in [0.2, 0.25) is 0 Å². The molecular formula is C15H17FN2O. The maximum absolute atomic E-state index is 13.2. The average molecular weight is 260 g/mol. The molecule has 1 aliphatic heterocycles. The zero-order valence-corrected chi connectivity index (χ0v) is 11.0. The molecule has 1 atom stereocenters. The molecule has 0 bridgehead atoms. The van der Waals surface area contributed by atoms with Gasteiger partial charge in [0.05, 0.1) is 6.04 Å². The molecule has 0 saturated carbocycles. The lowest BCUT2D eigenvalue weighted by atomic mass is 10.1. The molecule has 1 fully saturated rings. The maximum atomic E-state index is 13.2. The van der Waals surface area contributed by atoms with E-state index in [9.17, 15) is 4.39 Å². The summed E-state index contributed by atoms with van der Waals surface area (Å²) in [4.78, 5) is 2.34. The van der Waals surface area contributed by atoms with Crippen LogP contribution in [0.25, 0.3) is 0 Å². The van der Waals surface area contributed by atoms with Gasteiger partial charge < -0.3 is 4.52 Å². The fraction of sp³-hybridized carbons (Fsp3) is 0.400. The summed E-state index contributed by atoms with van der Waals surface area (Å²) in [7, 11) is 0. The van der Waals surface area contributed by atoms with Crippen molar-refractivity contribution in [3.63, 3.8) is 0 Å². The summed E-state index contributed by atoms with van der Waals surface area (Å²) in [5.41, 5.74) is 2.00. The third-order valence-electron chi connectivity index (χ3n) is 3.63. The molecule has 1 saturated heterocycles. The zero-order valence-electron chi connectivity index (χ0n) is 11.0. The maximum Gasteiger partial charge on any atom is 0.133 e. The van der Waals surface area contributed by atoms with Crippen LogP contribution in [-0.4, -0.2) is 16.6 Å². The van der Waals surface area contributed by atoms with Gasteiger partial charge in [-0.2, -0.15) is 0 Å². The van der Waals surface area contributed by atoms with Gasteiger partial charge in [-0.15, -0.1) is 0 Å². The second kappa shape index (κ2) is 5.13. The van der Waals surface area contributed by atoms with E-state index in [1.54, 1.807) is 12.1 Å². The monoisotopic (exact) mass is 260 g/mol. The Kier molecular flexibility index (Phi) is 3.34. The Labute approximate surface area is 112 Å². The Morgan fingerprint density at radius 3 is 3.05 bits per heavy atom. The largest absolute Gasteiger partial charge is 0.361 e. The third-order valence-corrected chi connectivity index (χ3v) is 3.63. The number of likely N-dealkylation sites (tertiary alicyclic amines) is 1. The molecule has 19 heavy (non-hydrogen) atoms. The van der Waals surface area contributed by atoms with Gasteiger partial charge in [0.25, 0.3) is 0 Å².